The molecule has 2 amide bonds. The van der Waals surface area contributed by atoms with Crippen molar-refractivity contribution in [3.05, 3.63) is 77.5 Å². The molecule has 44 heavy (non-hydrogen) atoms. The minimum atomic E-state index is -1.45. The molecule has 0 spiro atoms. The van der Waals surface area contributed by atoms with Crippen LogP contribution in [0.15, 0.2) is 60.9 Å². The molecular formula is C31H28ClF2N7O3. The number of rotatable bonds is 8. The molecule has 0 saturated carbocycles. The quantitative estimate of drug-likeness (QED) is 0.245. The summed E-state index contributed by atoms with van der Waals surface area (Å²) in [5.41, 5.74) is 8.11. The number of ketones is 1. The molecule has 1 fully saturated rings. The van der Waals surface area contributed by atoms with E-state index in [9.17, 15) is 18.8 Å². The molecule has 0 bridgehead atoms. The maximum atomic E-state index is 15.9. The molecule has 0 aliphatic carbocycles. The Balaban J connectivity index is 1.25. The van der Waals surface area contributed by atoms with Crippen LogP contribution in [0.25, 0.3) is 33.1 Å². The van der Waals surface area contributed by atoms with Gasteiger partial charge in [-0.05, 0) is 18.2 Å². The van der Waals surface area contributed by atoms with Gasteiger partial charge in [0, 0.05) is 42.9 Å². The van der Waals surface area contributed by atoms with E-state index in [4.69, 9.17) is 17.3 Å². The lowest BCUT2D eigenvalue weighted by atomic mass is 10.0. The number of aromatic nitrogens is 4. The summed E-state index contributed by atoms with van der Waals surface area (Å²) < 4.78 is 33.7. The Morgan fingerprint density at radius 1 is 1.09 bits per heavy atom. The van der Waals surface area contributed by atoms with Gasteiger partial charge in [-0.2, -0.15) is 5.10 Å². The SMILES string of the molecule is CC(=O)c1nn(CC(=O)N2C[C@H](F)C[C@H]2C(=O)Nc2cccc(-c3ccc4ncn(CCN)c4c3Cl)c2F)c2ccccc12. The zero-order chi connectivity index (χ0) is 31.1. The van der Waals surface area contributed by atoms with Gasteiger partial charge >= 0.3 is 0 Å². The molecule has 1 saturated heterocycles. The number of para-hydroxylation sites is 1. The topological polar surface area (TPSA) is 128 Å². The van der Waals surface area contributed by atoms with Crippen LogP contribution < -0.4 is 11.1 Å². The van der Waals surface area contributed by atoms with Gasteiger partial charge in [0.05, 0.1) is 40.1 Å². The summed E-state index contributed by atoms with van der Waals surface area (Å²) in [7, 11) is 0. The van der Waals surface area contributed by atoms with Crippen molar-refractivity contribution >= 4 is 56.8 Å². The highest BCUT2D eigenvalue weighted by molar-refractivity contribution is 6.37. The molecule has 1 aliphatic rings. The Kier molecular flexibility index (Phi) is 7.87. The number of benzene rings is 3. The van der Waals surface area contributed by atoms with Crippen molar-refractivity contribution in [1.29, 1.82) is 0 Å². The van der Waals surface area contributed by atoms with E-state index < -0.39 is 29.8 Å². The molecule has 0 radical (unpaired) electrons. The number of halogens is 3. The van der Waals surface area contributed by atoms with Crippen molar-refractivity contribution in [3.8, 4) is 11.1 Å². The van der Waals surface area contributed by atoms with Gasteiger partial charge < -0.3 is 20.5 Å². The number of anilines is 1. The molecule has 3 heterocycles. The third-order valence-electron chi connectivity index (χ3n) is 7.78. The van der Waals surface area contributed by atoms with Gasteiger partial charge in [-0.15, -0.1) is 0 Å². The van der Waals surface area contributed by atoms with Crippen molar-refractivity contribution in [1.82, 2.24) is 24.2 Å². The first-order chi connectivity index (χ1) is 21.2. The van der Waals surface area contributed by atoms with E-state index in [0.29, 0.717) is 40.6 Å². The lowest BCUT2D eigenvalue weighted by Crippen LogP contribution is -2.44. The van der Waals surface area contributed by atoms with Gasteiger partial charge in [-0.1, -0.05) is 48.0 Å². The Labute approximate surface area is 255 Å². The van der Waals surface area contributed by atoms with Crippen molar-refractivity contribution in [2.45, 2.75) is 38.6 Å². The van der Waals surface area contributed by atoms with Crippen LogP contribution >= 0.6 is 11.6 Å². The Hall–Kier alpha value is -4.68. The lowest BCUT2D eigenvalue weighted by Gasteiger charge is -2.24. The Morgan fingerprint density at radius 2 is 1.89 bits per heavy atom. The number of alkyl halides is 1. The van der Waals surface area contributed by atoms with Crippen LogP contribution in [0, 0.1) is 5.82 Å². The second-order valence-electron chi connectivity index (χ2n) is 10.7. The number of carbonyl (C=O) groups is 3. The molecule has 13 heteroatoms. The van der Waals surface area contributed by atoms with Gasteiger partial charge in [0.25, 0.3) is 0 Å². The van der Waals surface area contributed by atoms with E-state index in [0.717, 1.165) is 4.90 Å². The first-order valence-electron chi connectivity index (χ1n) is 14.0. The third kappa shape index (κ3) is 5.20. The molecule has 6 rings (SSSR count). The summed E-state index contributed by atoms with van der Waals surface area (Å²) in [6.45, 7) is 1.60. The van der Waals surface area contributed by atoms with Crippen LogP contribution in [0.5, 0.6) is 0 Å². The molecule has 1 aliphatic heterocycles. The van der Waals surface area contributed by atoms with Crippen molar-refractivity contribution in [3.63, 3.8) is 0 Å². The number of fused-ring (bicyclic) bond motifs is 2. The van der Waals surface area contributed by atoms with E-state index in [1.54, 1.807) is 53.4 Å². The Morgan fingerprint density at radius 3 is 2.66 bits per heavy atom. The molecular weight excluding hydrogens is 592 g/mol. The predicted octanol–water partition coefficient (Wildman–Crippen LogP) is 4.58. The van der Waals surface area contributed by atoms with Crippen molar-refractivity contribution in [2.24, 2.45) is 5.73 Å². The average molecular weight is 620 g/mol. The standard InChI is InChI=1S/C31H28ClF2N7O3/c1-17(42)29-21-5-2-3-8-24(21)41(38-29)15-26(43)40-14-18(33)13-25(40)31(44)37-22-7-4-6-20(28(22)34)19-9-10-23-30(27(19)32)39(12-11-35)16-36-23/h2-10,16,18,25H,11-15,35H2,1H3,(H,37,44)/t18-,25+/m1/s1. The minimum absolute atomic E-state index is 0.141. The minimum Gasteiger partial charge on any atom is -0.329 e. The maximum absolute atomic E-state index is 15.9. The highest BCUT2D eigenvalue weighted by Crippen LogP contribution is 2.37. The zero-order valence-corrected chi connectivity index (χ0v) is 24.4. The number of nitrogens with two attached hydrogens (primary N) is 1. The highest BCUT2D eigenvalue weighted by atomic mass is 35.5. The first kappa shape index (κ1) is 29.4. The van der Waals surface area contributed by atoms with Crippen LogP contribution in [0.3, 0.4) is 0 Å². The molecule has 0 unspecified atom stereocenters. The van der Waals surface area contributed by atoms with Gasteiger partial charge in [-0.3, -0.25) is 19.1 Å². The smallest absolute Gasteiger partial charge is 0.247 e. The van der Waals surface area contributed by atoms with E-state index in [-0.39, 0.29) is 47.3 Å². The molecule has 2 atom stereocenters. The summed E-state index contributed by atoms with van der Waals surface area (Å²) >= 11 is 6.72. The summed E-state index contributed by atoms with van der Waals surface area (Å²) in [4.78, 5) is 44.3. The van der Waals surface area contributed by atoms with Crippen LogP contribution in [-0.2, 0) is 22.7 Å². The van der Waals surface area contributed by atoms with Crippen molar-refractivity contribution < 1.29 is 23.2 Å². The summed E-state index contributed by atoms with van der Waals surface area (Å²) in [6.07, 6.45) is -0.0771. The average Bonchev–Trinajstić information content (AvgIpc) is 3.71. The number of likely N-dealkylation sites (tertiary alicyclic amines) is 1. The zero-order valence-electron chi connectivity index (χ0n) is 23.6. The van der Waals surface area contributed by atoms with Crippen molar-refractivity contribution in [2.75, 3.05) is 18.4 Å². The lowest BCUT2D eigenvalue weighted by molar-refractivity contribution is -0.137. The molecule has 5 aromatic rings. The first-order valence-corrected chi connectivity index (χ1v) is 14.4. The fraction of sp³-hybridized carbons (Fsp3) is 0.258. The number of imidazole rings is 1. The number of amides is 2. The molecule has 2 aromatic heterocycles. The van der Waals surface area contributed by atoms with E-state index in [1.165, 1.54) is 23.7 Å². The fourth-order valence-electron chi connectivity index (χ4n) is 5.73. The van der Waals surface area contributed by atoms with Gasteiger partial charge in [0.2, 0.25) is 11.8 Å². The van der Waals surface area contributed by atoms with Crippen LogP contribution in [0.4, 0.5) is 14.5 Å². The molecule has 3 aromatic carbocycles. The Bertz CT molecular complexity index is 1940. The molecule has 3 N–H and O–H groups in total. The fourth-order valence-corrected chi connectivity index (χ4v) is 6.10. The predicted molar refractivity (Wildman–Crippen MR) is 163 cm³/mol. The summed E-state index contributed by atoms with van der Waals surface area (Å²) in [6, 6.07) is 13.6. The second-order valence-corrected chi connectivity index (χ2v) is 11.0. The molecule has 10 nitrogen and oxygen atoms in total. The number of hydrogen-bond donors (Lipinski definition) is 2. The number of hydrogen-bond acceptors (Lipinski definition) is 6. The van der Waals surface area contributed by atoms with E-state index in [1.807, 2.05) is 0 Å². The van der Waals surface area contributed by atoms with Crippen LogP contribution in [0.1, 0.15) is 23.8 Å². The van der Waals surface area contributed by atoms with Gasteiger partial charge in [0.1, 0.15) is 24.5 Å². The van der Waals surface area contributed by atoms with Crippen LogP contribution in [-0.4, -0.2) is 67.1 Å². The monoisotopic (exact) mass is 619 g/mol. The number of Topliss-reactive ketones (excluding diaryl/α,β-unsaturated/α-hetero) is 1. The van der Waals surface area contributed by atoms with Gasteiger partial charge in [0.15, 0.2) is 11.6 Å². The molecule has 226 valence electrons. The largest absolute Gasteiger partial charge is 0.329 e. The van der Waals surface area contributed by atoms with E-state index >= 15 is 4.39 Å². The third-order valence-corrected chi connectivity index (χ3v) is 8.17. The summed E-state index contributed by atoms with van der Waals surface area (Å²) in [5, 5.41) is 7.71. The number of carbonyl (C=O) groups excluding carboxylic acids is 3. The number of nitrogens with zero attached hydrogens (tertiary/aromatic N) is 5. The summed E-state index contributed by atoms with van der Waals surface area (Å²) in [5.74, 6) is -2.29. The highest BCUT2D eigenvalue weighted by Gasteiger charge is 2.40. The normalized spacial score (nSPS) is 16.6. The number of nitrogens with one attached hydrogen (secondary N) is 1. The maximum Gasteiger partial charge on any atom is 0.247 e. The van der Waals surface area contributed by atoms with E-state index in [2.05, 4.69) is 15.4 Å². The van der Waals surface area contributed by atoms with Crippen LogP contribution in [0.2, 0.25) is 5.02 Å². The second kappa shape index (κ2) is 11.8. The van der Waals surface area contributed by atoms with Gasteiger partial charge in [-0.25, -0.2) is 13.8 Å².